The van der Waals surface area contributed by atoms with Crippen LogP contribution in [-0.4, -0.2) is 14.5 Å². The number of hydrogen-bond acceptors (Lipinski definition) is 3. The molecule has 0 aliphatic heterocycles. The molecule has 2 N–H and O–H groups in total. The second kappa shape index (κ2) is 4.85. The number of aromatic nitrogens is 3. The van der Waals surface area contributed by atoms with E-state index < -0.39 is 0 Å². The lowest BCUT2D eigenvalue weighted by Gasteiger charge is -2.15. The summed E-state index contributed by atoms with van der Waals surface area (Å²) in [5.74, 6) is 1.54. The maximum Gasteiger partial charge on any atom is 0.123 e. The largest absolute Gasteiger partial charge is 0.384 e. The number of rotatable bonds is 2. The molecule has 0 bridgehead atoms. The Bertz CT molecular complexity index is 618. The third kappa shape index (κ3) is 2.32. The highest BCUT2D eigenvalue weighted by Crippen LogP contribution is 2.24. The summed E-state index contributed by atoms with van der Waals surface area (Å²) in [7, 11) is 0. The van der Waals surface area contributed by atoms with Gasteiger partial charge in [-0.05, 0) is 44.7 Å². The average molecular weight is 277 g/mol. The van der Waals surface area contributed by atoms with Crippen LogP contribution in [0.25, 0.3) is 0 Å². The van der Waals surface area contributed by atoms with Gasteiger partial charge < -0.3 is 10.3 Å². The number of nitrogen functional groups attached to an aromatic ring is 1. The molecule has 4 nitrogen and oxygen atoms in total. The Hall–Kier alpha value is -1.55. The number of aryl methyl sites for hydroxylation is 2. The van der Waals surface area contributed by atoms with Crippen molar-refractivity contribution in [2.45, 2.75) is 39.2 Å². The minimum absolute atomic E-state index is 0.506. The number of pyridine rings is 1. The molecule has 0 saturated carbocycles. The minimum Gasteiger partial charge on any atom is -0.384 e. The molecule has 0 saturated heterocycles. The standard InChI is InChI=1S/C14H17ClN4/c1-9-17-11-4-2-3-5-13(11)19(9)8-12-10(15)6-7-14(16)18-12/h6-7H,2-5,8H2,1H3,(H2,16,18). The molecule has 100 valence electrons. The van der Waals surface area contributed by atoms with Gasteiger partial charge in [-0.3, -0.25) is 0 Å². The molecular formula is C14H17ClN4. The smallest absolute Gasteiger partial charge is 0.123 e. The molecule has 1 aliphatic rings. The van der Waals surface area contributed by atoms with E-state index in [0.717, 1.165) is 24.4 Å². The number of nitrogens with two attached hydrogens (primary N) is 1. The van der Waals surface area contributed by atoms with Crippen molar-refractivity contribution < 1.29 is 0 Å². The third-order valence-corrected chi connectivity index (χ3v) is 4.02. The van der Waals surface area contributed by atoms with Gasteiger partial charge >= 0.3 is 0 Å². The molecule has 19 heavy (non-hydrogen) atoms. The first-order valence-corrected chi connectivity index (χ1v) is 6.98. The molecule has 0 atom stereocenters. The van der Waals surface area contributed by atoms with Gasteiger partial charge in [0.15, 0.2) is 0 Å². The second-order valence-corrected chi connectivity index (χ2v) is 5.42. The van der Waals surface area contributed by atoms with E-state index in [-0.39, 0.29) is 0 Å². The lowest BCUT2D eigenvalue weighted by molar-refractivity contribution is 0.620. The van der Waals surface area contributed by atoms with Gasteiger partial charge in [0.25, 0.3) is 0 Å². The first-order chi connectivity index (χ1) is 9.15. The second-order valence-electron chi connectivity index (χ2n) is 5.01. The van der Waals surface area contributed by atoms with Crippen LogP contribution in [0.5, 0.6) is 0 Å². The molecule has 0 fully saturated rings. The molecule has 0 spiro atoms. The van der Waals surface area contributed by atoms with E-state index >= 15 is 0 Å². The predicted octanol–water partition coefficient (Wildman–Crippen LogP) is 2.75. The van der Waals surface area contributed by atoms with Crippen molar-refractivity contribution in [3.05, 3.63) is 40.1 Å². The number of nitrogens with zero attached hydrogens (tertiary/aromatic N) is 3. The molecule has 5 heteroatoms. The Kier molecular flexibility index (Phi) is 3.19. The van der Waals surface area contributed by atoms with Crippen LogP contribution < -0.4 is 5.73 Å². The van der Waals surface area contributed by atoms with Crippen molar-refractivity contribution in [3.8, 4) is 0 Å². The molecule has 2 aromatic rings. The van der Waals surface area contributed by atoms with Gasteiger partial charge in [-0.1, -0.05) is 11.6 Å². The molecule has 0 radical (unpaired) electrons. The van der Waals surface area contributed by atoms with E-state index in [0.29, 0.717) is 17.4 Å². The van der Waals surface area contributed by atoms with E-state index in [1.165, 1.54) is 24.2 Å². The summed E-state index contributed by atoms with van der Waals surface area (Å²) in [6.07, 6.45) is 4.65. The SMILES string of the molecule is Cc1nc2c(n1Cc1nc(N)ccc1Cl)CCCC2. The highest BCUT2D eigenvalue weighted by atomic mass is 35.5. The Labute approximate surface area is 117 Å². The van der Waals surface area contributed by atoms with Gasteiger partial charge in [-0.15, -0.1) is 0 Å². The molecule has 3 rings (SSSR count). The average Bonchev–Trinajstić information content (AvgIpc) is 2.71. The van der Waals surface area contributed by atoms with Crippen LogP contribution in [0.1, 0.15) is 35.7 Å². The van der Waals surface area contributed by atoms with E-state index in [9.17, 15) is 0 Å². The summed E-state index contributed by atoms with van der Waals surface area (Å²) in [5, 5.41) is 0.659. The summed E-state index contributed by atoms with van der Waals surface area (Å²) in [4.78, 5) is 9.00. The molecule has 1 aliphatic carbocycles. The fourth-order valence-electron chi connectivity index (χ4n) is 2.71. The van der Waals surface area contributed by atoms with E-state index in [1.54, 1.807) is 12.1 Å². The Balaban J connectivity index is 1.99. The number of hydrogen-bond donors (Lipinski definition) is 1. The molecule has 0 aromatic carbocycles. The normalized spacial score (nSPS) is 14.4. The fourth-order valence-corrected chi connectivity index (χ4v) is 2.87. The zero-order valence-corrected chi connectivity index (χ0v) is 11.7. The quantitative estimate of drug-likeness (QED) is 0.918. The van der Waals surface area contributed by atoms with E-state index in [1.807, 2.05) is 6.92 Å². The van der Waals surface area contributed by atoms with Crippen LogP contribution in [0, 0.1) is 6.92 Å². The monoisotopic (exact) mass is 276 g/mol. The van der Waals surface area contributed by atoms with Crippen LogP contribution in [-0.2, 0) is 19.4 Å². The highest BCUT2D eigenvalue weighted by molar-refractivity contribution is 6.31. The zero-order chi connectivity index (χ0) is 13.4. The summed E-state index contributed by atoms with van der Waals surface area (Å²) >= 11 is 6.20. The molecular weight excluding hydrogens is 260 g/mol. The Morgan fingerprint density at radius 1 is 1.26 bits per heavy atom. The Morgan fingerprint density at radius 3 is 2.89 bits per heavy atom. The van der Waals surface area contributed by atoms with Crippen LogP contribution in [0.3, 0.4) is 0 Å². The van der Waals surface area contributed by atoms with Crippen molar-refractivity contribution in [1.82, 2.24) is 14.5 Å². The van der Waals surface area contributed by atoms with Gasteiger partial charge in [0.1, 0.15) is 11.6 Å². The molecule has 2 heterocycles. The number of halogens is 1. The first-order valence-electron chi connectivity index (χ1n) is 6.61. The number of fused-ring (bicyclic) bond motifs is 1. The van der Waals surface area contributed by atoms with Gasteiger partial charge in [0.05, 0.1) is 23.0 Å². The fraction of sp³-hybridized carbons (Fsp3) is 0.429. The van der Waals surface area contributed by atoms with Gasteiger partial charge in [0.2, 0.25) is 0 Å². The molecule has 0 unspecified atom stereocenters. The molecule has 0 amide bonds. The van der Waals surface area contributed by atoms with Crippen LogP contribution in [0.15, 0.2) is 12.1 Å². The summed E-state index contributed by atoms with van der Waals surface area (Å²) < 4.78 is 2.22. The van der Waals surface area contributed by atoms with Crippen LogP contribution >= 0.6 is 11.6 Å². The van der Waals surface area contributed by atoms with E-state index in [4.69, 9.17) is 17.3 Å². The van der Waals surface area contributed by atoms with Crippen LogP contribution in [0.2, 0.25) is 5.02 Å². The van der Waals surface area contributed by atoms with Gasteiger partial charge in [0, 0.05) is 5.69 Å². The van der Waals surface area contributed by atoms with Crippen molar-refractivity contribution in [3.63, 3.8) is 0 Å². The summed E-state index contributed by atoms with van der Waals surface area (Å²) in [6.45, 7) is 2.69. The van der Waals surface area contributed by atoms with Crippen molar-refractivity contribution in [2.24, 2.45) is 0 Å². The predicted molar refractivity (Wildman–Crippen MR) is 76.4 cm³/mol. The highest BCUT2D eigenvalue weighted by Gasteiger charge is 2.19. The van der Waals surface area contributed by atoms with Crippen molar-refractivity contribution >= 4 is 17.4 Å². The zero-order valence-electron chi connectivity index (χ0n) is 11.0. The molecule has 2 aromatic heterocycles. The lowest BCUT2D eigenvalue weighted by atomic mass is 10.0. The topological polar surface area (TPSA) is 56.7 Å². The third-order valence-electron chi connectivity index (χ3n) is 3.67. The summed E-state index contributed by atoms with van der Waals surface area (Å²) in [5.41, 5.74) is 9.13. The van der Waals surface area contributed by atoms with Crippen molar-refractivity contribution in [2.75, 3.05) is 5.73 Å². The lowest BCUT2D eigenvalue weighted by Crippen LogP contribution is -2.12. The Morgan fingerprint density at radius 2 is 2.05 bits per heavy atom. The number of imidazole rings is 1. The van der Waals surface area contributed by atoms with E-state index in [2.05, 4.69) is 14.5 Å². The van der Waals surface area contributed by atoms with Gasteiger partial charge in [-0.25, -0.2) is 9.97 Å². The number of anilines is 1. The first kappa shape index (κ1) is 12.5. The van der Waals surface area contributed by atoms with Crippen molar-refractivity contribution in [1.29, 1.82) is 0 Å². The minimum atomic E-state index is 0.506. The maximum absolute atomic E-state index is 6.20. The van der Waals surface area contributed by atoms with Gasteiger partial charge in [-0.2, -0.15) is 0 Å². The van der Waals surface area contributed by atoms with Crippen LogP contribution in [0.4, 0.5) is 5.82 Å². The summed E-state index contributed by atoms with van der Waals surface area (Å²) in [6, 6.07) is 3.53. The maximum atomic E-state index is 6.20.